The first-order chi connectivity index (χ1) is 6.13. The van der Waals surface area contributed by atoms with Crippen molar-refractivity contribution in [2.24, 2.45) is 0 Å². The van der Waals surface area contributed by atoms with E-state index in [-0.39, 0.29) is 11.6 Å². The highest BCUT2D eigenvalue weighted by Gasteiger charge is 2.42. The summed E-state index contributed by atoms with van der Waals surface area (Å²) in [5, 5.41) is 0. The lowest BCUT2D eigenvalue weighted by atomic mass is 9.65. The largest absolute Gasteiger partial charge is 0.299 e. The number of hydrogen-bond donors (Lipinski definition) is 0. The van der Waals surface area contributed by atoms with Crippen LogP contribution in [0.25, 0.3) is 0 Å². The van der Waals surface area contributed by atoms with E-state index in [0.29, 0.717) is 6.42 Å². The number of carbonyl (C=O) groups is 1. The third-order valence-electron chi connectivity index (χ3n) is 2.93. The van der Waals surface area contributed by atoms with Crippen LogP contribution in [0.4, 0.5) is 4.39 Å². The van der Waals surface area contributed by atoms with Crippen molar-refractivity contribution in [2.45, 2.75) is 25.2 Å². The van der Waals surface area contributed by atoms with Crippen molar-refractivity contribution in [3.63, 3.8) is 0 Å². The van der Waals surface area contributed by atoms with Gasteiger partial charge in [-0.25, -0.2) is 4.39 Å². The molecule has 0 amide bonds. The molecule has 1 saturated carbocycles. The minimum absolute atomic E-state index is 0.220. The van der Waals surface area contributed by atoms with Crippen LogP contribution in [0.5, 0.6) is 0 Å². The maximum absolute atomic E-state index is 12.9. The topological polar surface area (TPSA) is 17.1 Å². The van der Waals surface area contributed by atoms with E-state index in [9.17, 15) is 9.18 Å². The average molecular weight is 178 g/mol. The van der Waals surface area contributed by atoms with Gasteiger partial charge in [-0.15, -0.1) is 0 Å². The lowest BCUT2D eigenvalue weighted by Gasteiger charge is -2.36. The van der Waals surface area contributed by atoms with Crippen LogP contribution in [-0.4, -0.2) is 5.78 Å². The van der Waals surface area contributed by atoms with Crippen LogP contribution in [0.1, 0.15) is 25.3 Å². The molecule has 0 spiro atoms. The Kier molecular flexibility index (Phi) is 1.72. The number of hydrogen-bond acceptors (Lipinski definition) is 1. The normalized spacial score (nSPS) is 27.1. The molecule has 13 heavy (non-hydrogen) atoms. The summed E-state index contributed by atoms with van der Waals surface area (Å²) in [5.41, 5.74) is 0.394. The van der Waals surface area contributed by atoms with Gasteiger partial charge >= 0.3 is 0 Å². The van der Waals surface area contributed by atoms with E-state index in [2.05, 4.69) is 0 Å². The number of benzene rings is 1. The standard InChI is InChI=1S/C11H11FO/c1-11(6-5-10(11)13)8-3-2-4-9(12)7-8/h2-4,7H,5-6H2,1H3. The predicted molar refractivity (Wildman–Crippen MR) is 48.0 cm³/mol. The Hall–Kier alpha value is -1.18. The van der Waals surface area contributed by atoms with E-state index in [4.69, 9.17) is 0 Å². The summed E-state index contributed by atoms with van der Waals surface area (Å²) in [5.74, 6) is -0.0449. The first-order valence-electron chi connectivity index (χ1n) is 4.42. The van der Waals surface area contributed by atoms with Crippen molar-refractivity contribution < 1.29 is 9.18 Å². The lowest BCUT2D eigenvalue weighted by Crippen LogP contribution is -2.42. The molecule has 1 nitrogen and oxygen atoms in total. The van der Waals surface area contributed by atoms with Crippen LogP contribution in [0.3, 0.4) is 0 Å². The molecule has 1 aliphatic carbocycles. The molecule has 1 aromatic rings. The number of carbonyl (C=O) groups excluding carboxylic acids is 1. The smallest absolute Gasteiger partial charge is 0.143 e. The zero-order chi connectivity index (χ0) is 9.47. The Morgan fingerprint density at radius 1 is 1.46 bits per heavy atom. The molecule has 0 N–H and O–H groups in total. The molecule has 2 rings (SSSR count). The molecule has 0 aliphatic heterocycles. The van der Waals surface area contributed by atoms with Crippen LogP contribution >= 0.6 is 0 Å². The Labute approximate surface area is 76.6 Å². The van der Waals surface area contributed by atoms with Gasteiger partial charge in [-0.3, -0.25) is 4.79 Å². The maximum Gasteiger partial charge on any atom is 0.143 e. The Morgan fingerprint density at radius 2 is 2.23 bits per heavy atom. The Bertz CT molecular complexity index is 359. The molecule has 0 saturated heterocycles. The molecular weight excluding hydrogens is 167 g/mol. The van der Waals surface area contributed by atoms with Gasteiger partial charge in [0, 0.05) is 6.42 Å². The second kappa shape index (κ2) is 2.66. The molecule has 1 aliphatic rings. The molecule has 1 aromatic carbocycles. The summed E-state index contributed by atoms with van der Waals surface area (Å²) in [6.07, 6.45) is 1.47. The third kappa shape index (κ3) is 1.17. The van der Waals surface area contributed by atoms with Gasteiger partial charge in [0.15, 0.2) is 0 Å². The summed E-state index contributed by atoms with van der Waals surface area (Å²) in [7, 11) is 0. The first-order valence-corrected chi connectivity index (χ1v) is 4.42. The fourth-order valence-corrected chi connectivity index (χ4v) is 1.74. The second-order valence-corrected chi connectivity index (χ2v) is 3.77. The number of Topliss-reactive ketones (excluding diaryl/α,β-unsaturated/α-hetero) is 1. The predicted octanol–water partition coefficient (Wildman–Crippen LogP) is 2.45. The average Bonchev–Trinajstić information content (AvgIpc) is 2.14. The number of halogens is 1. The van der Waals surface area contributed by atoms with Crippen molar-refractivity contribution in [1.29, 1.82) is 0 Å². The highest BCUT2D eigenvalue weighted by Crippen LogP contribution is 2.39. The molecule has 0 bridgehead atoms. The Balaban J connectivity index is 2.40. The SMILES string of the molecule is CC1(c2cccc(F)c2)CCC1=O. The highest BCUT2D eigenvalue weighted by atomic mass is 19.1. The van der Waals surface area contributed by atoms with Crippen LogP contribution in [0, 0.1) is 5.82 Å². The van der Waals surface area contributed by atoms with Gasteiger partial charge in [-0.2, -0.15) is 0 Å². The molecule has 0 heterocycles. The van der Waals surface area contributed by atoms with E-state index in [0.717, 1.165) is 12.0 Å². The Morgan fingerprint density at radius 3 is 2.69 bits per heavy atom. The van der Waals surface area contributed by atoms with E-state index in [1.54, 1.807) is 6.07 Å². The monoisotopic (exact) mass is 178 g/mol. The van der Waals surface area contributed by atoms with Crippen LogP contribution in [-0.2, 0) is 10.2 Å². The molecule has 1 atom stereocenters. The van der Waals surface area contributed by atoms with E-state index >= 15 is 0 Å². The molecule has 0 aromatic heterocycles. The first kappa shape index (κ1) is 8.42. The number of rotatable bonds is 1. The van der Waals surface area contributed by atoms with Crippen molar-refractivity contribution in [1.82, 2.24) is 0 Å². The van der Waals surface area contributed by atoms with Crippen molar-refractivity contribution in [3.05, 3.63) is 35.6 Å². The summed E-state index contributed by atoms with van der Waals surface area (Å²) < 4.78 is 12.9. The molecule has 2 heteroatoms. The van der Waals surface area contributed by atoms with Crippen molar-refractivity contribution in [2.75, 3.05) is 0 Å². The maximum atomic E-state index is 12.9. The van der Waals surface area contributed by atoms with Gasteiger partial charge in [-0.1, -0.05) is 12.1 Å². The molecule has 1 fully saturated rings. The van der Waals surface area contributed by atoms with Gasteiger partial charge in [0.2, 0.25) is 0 Å². The molecule has 0 radical (unpaired) electrons. The number of ketones is 1. The summed E-state index contributed by atoms with van der Waals surface area (Å²) in [4.78, 5) is 11.3. The van der Waals surface area contributed by atoms with Crippen LogP contribution < -0.4 is 0 Å². The van der Waals surface area contributed by atoms with E-state index < -0.39 is 5.41 Å². The van der Waals surface area contributed by atoms with Crippen molar-refractivity contribution >= 4 is 5.78 Å². The summed E-state index contributed by atoms with van der Waals surface area (Å²) in [6, 6.07) is 6.33. The van der Waals surface area contributed by atoms with E-state index in [1.165, 1.54) is 12.1 Å². The van der Waals surface area contributed by atoms with Gasteiger partial charge < -0.3 is 0 Å². The quantitative estimate of drug-likeness (QED) is 0.645. The van der Waals surface area contributed by atoms with Gasteiger partial charge in [0.25, 0.3) is 0 Å². The zero-order valence-electron chi connectivity index (χ0n) is 7.51. The molecule has 68 valence electrons. The highest BCUT2D eigenvalue weighted by molar-refractivity contribution is 5.95. The third-order valence-corrected chi connectivity index (χ3v) is 2.93. The van der Waals surface area contributed by atoms with Crippen molar-refractivity contribution in [3.8, 4) is 0 Å². The minimum Gasteiger partial charge on any atom is -0.299 e. The van der Waals surface area contributed by atoms with Gasteiger partial charge in [0.05, 0.1) is 5.41 Å². The summed E-state index contributed by atoms with van der Waals surface area (Å²) >= 11 is 0. The van der Waals surface area contributed by atoms with E-state index in [1.807, 2.05) is 13.0 Å². The van der Waals surface area contributed by atoms with Crippen LogP contribution in [0.15, 0.2) is 24.3 Å². The second-order valence-electron chi connectivity index (χ2n) is 3.77. The summed E-state index contributed by atoms with van der Waals surface area (Å²) in [6.45, 7) is 1.88. The van der Waals surface area contributed by atoms with Gasteiger partial charge in [-0.05, 0) is 31.0 Å². The fourth-order valence-electron chi connectivity index (χ4n) is 1.74. The lowest BCUT2D eigenvalue weighted by molar-refractivity contribution is -0.130. The molecular formula is C11H11FO. The van der Waals surface area contributed by atoms with Gasteiger partial charge in [0.1, 0.15) is 11.6 Å². The van der Waals surface area contributed by atoms with Crippen LogP contribution in [0.2, 0.25) is 0 Å². The minimum atomic E-state index is -0.415. The molecule has 1 unspecified atom stereocenters. The zero-order valence-corrected chi connectivity index (χ0v) is 7.51. The fraction of sp³-hybridized carbons (Fsp3) is 0.364.